The van der Waals surface area contributed by atoms with Crippen molar-refractivity contribution in [1.29, 1.82) is 0 Å². The lowest BCUT2D eigenvalue weighted by Gasteiger charge is -2.05. The Bertz CT molecular complexity index is 500. The van der Waals surface area contributed by atoms with E-state index in [1.54, 1.807) is 20.1 Å². The van der Waals surface area contributed by atoms with Crippen molar-refractivity contribution in [3.63, 3.8) is 0 Å². The summed E-state index contributed by atoms with van der Waals surface area (Å²) in [6.45, 7) is 2.31. The summed E-state index contributed by atoms with van der Waals surface area (Å²) in [6.07, 6.45) is 3.39. The van der Waals surface area contributed by atoms with Crippen molar-refractivity contribution >= 4 is 18.1 Å². The van der Waals surface area contributed by atoms with Gasteiger partial charge in [-0.05, 0) is 19.1 Å². The summed E-state index contributed by atoms with van der Waals surface area (Å²) in [7, 11) is 1.59. The third-order valence-corrected chi connectivity index (χ3v) is 2.54. The maximum absolute atomic E-state index is 11.5. The number of carbonyl (C=O) groups excluding carboxylic acids is 2. The van der Waals surface area contributed by atoms with E-state index in [0.717, 1.165) is 11.3 Å². The van der Waals surface area contributed by atoms with E-state index >= 15 is 0 Å². The van der Waals surface area contributed by atoms with Gasteiger partial charge in [-0.15, -0.1) is 0 Å². The van der Waals surface area contributed by atoms with E-state index in [9.17, 15) is 9.59 Å². The third-order valence-electron chi connectivity index (χ3n) is 2.54. The molecule has 0 saturated carbocycles. The van der Waals surface area contributed by atoms with Crippen molar-refractivity contribution in [2.45, 2.75) is 13.3 Å². The Kier molecular flexibility index (Phi) is 7.42. The molecule has 1 rings (SSSR count). The van der Waals surface area contributed by atoms with Gasteiger partial charge in [0, 0.05) is 18.3 Å². The smallest absolute Gasteiger partial charge is 0.318 e. The van der Waals surface area contributed by atoms with Crippen molar-refractivity contribution in [3.05, 3.63) is 36.0 Å². The van der Waals surface area contributed by atoms with E-state index in [-0.39, 0.29) is 25.0 Å². The van der Waals surface area contributed by atoms with E-state index < -0.39 is 0 Å². The number of methoxy groups -OCH3 is 1. The average molecular weight is 292 g/mol. The molecule has 21 heavy (non-hydrogen) atoms. The minimum Gasteiger partial charge on any atom is -0.496 e. The number of hydrogen-bond acceptors (Lipinski definition) is 4. The predicted octanol–water partition coefficient (Wildman–Crippen LogP) is 1.92. The number of amides is 2. The number of urea groups is 1. The zero-order valence-corrected chi connectivity index (χ0v) is 12.2. The second kappa shape index (κ2) is 9.41. The molecule has 0 saturated heterocycles. The standard InChI is InChI=1S/C15H20N2O4/c1-3-21-14(18)9-11-17-15(19)16-10-8-12-6-4-5-7-13(12)20-2/h4-8,10H,3,9,11H2,1-2H3,(H2,16,17,19)/b10-8+. The van der Waals surface area contributed by atoms with Gasteiger partial charge in [0.25, 0.3) is 0 Å². The Morgan fingerprint density at radius 3 is 2.76 bits per heavy atom. The van der Waals surface area contributed by atoms with Gasteiger partial charge in [0.15, 0.2) is 0 Å². The first-order chi connectivity index (χ1) is 10.2. The van der Waals surface area contributed by atoms with E-state index in [2.05, 4.69) is 10.6 Å². The van der Waals surface area contributed by atoms with E-state index in [4.69, 9.17) is 9.47 Å². The summed E-state index contributed by atoms with van der Waals surface area (Å²) in [4.78, 5) is 22.5. The Morgan fingerprint density at radius 1 is 1.29 bits per heavy atom. The maximum Gasteiger partial charge on any atom is 0.318 e. The van der Waals surface area contributed by atoms with Crippen LogP contribution in [-0.4, -0.2) is 32.3 Å². The molecule has 6 heteroatoms. The number of rotatable bonds is 7. The summed E-state index contributed by atoms with van der Waals surface area (Å²) in [5.41, 5.74) is 0.854. The molecule has 1 aromatic rings. The van der Waals surface area contributed by atoms with Crippen molar-refractivity contribution in [2.75, 3.05) is 20.3 Å². The molecule has 0 unspecified atom stereocenters. The fraction of sp³-hybridized carbons (Fsp3) is 0.333. The van der Waals surface area contributed by atoms with Crippen LogP contribution < -0.4 is 15.4 Å². The van der Waals surface area contributed by atoms with Crippen LogP contribution in [0.1, 0.15) is 18.9 Å². The Labute approximate surface area is 124 Å². The summed E-state index contributed by atoms with van der Waals surface area (Å²) in [6, 6.07) is 7.06. The van der Waals surface area contributed by atoms with Gasteiger partial charge in [0.1, 0.15) is 5.75 Å². The average Bonchev–Trinajstić information content (AvgIpc) is 2.48. The Hall–Kier alpha value is -2.50. The van der Waals surface area contributed by atoms with Crippen molar-refractivity contribution < 1.29 is 19.1 Å². The second-order valence-corrected chi connectivity index (χ2v) is 4.03. The van der Waals surface area contributed by atoms with Gasteiger partial charge < -0.3 is 20.1 Å². The summed E-state index contributed by atoms with van der Waals surface area (Å²) in [5, 5.41) is 5.10. The molecule has 0 radical (unpaired) electrons. The molecule has 0 bridgehead atoms. The number of para-hydroxylation sites is 1. The Morgan fingerprint density at radius 2 is 2.05 bits per heavy atom. The topological polar surface area (TPSA) is 76.7 Å². The van der Waals surface area contributed by atoms with Crippen LogP contribution in [0.3, 0.4) is 0 Å². The highest BCUT2D eigenvalue weighted by molar-refractivity contribution is 5.77. The fourth-order valence-electron chi connectivity index (χ4n) is 1.57. The third kappa shape index (κ3) is 6.47. The molecule has 0 aliphatic heterocycles. The number of ether oxygens (including phenoxy) is 2. The molecular formula is C15H20N2O4. The number of benzene rings is 1. The molecule has 2 N–H and O–H groups in total. The maximum atomic E-state index is 11.5. The zero-order valence-electron chi connectivity index (χ0n) is 12.2. The first kappa shape index (κ1) is 16.6. The molecule has 0 aliphatic rings. The molecule has 6 nitrogen and oxygen atoms in total. The minimum atomic E-state index is -0.384. The highest BCUT2D eigenvalue weighted by Crippen LogP contribution is 2.18. The first-order valence-electron chi connectivity index (χ1n) is 6.67. The summed E-state index contributed by atoms with van der Waals surface area (Å²) >= 11 is 0. The molecular weight excluding hydrogens is 272 g/mol. The normalized spacial score (nSPS) is 10.2. The number of nitrogens with one attached hydrogen (secondary N) is 2. The van der Waals surface area contributed by atoms with Crippen LogP contribution in [0.4, 0.5) is 4.79 Å². The van der Waals surface area contributed by atoms with Gasteiger partial charge in [-0.1, -0.05) is 18.2 Å². The fourth-order valence-corrected chi connectivity index (χ4v) is 1.57. The van der Waals surface area contributed by atoms with Crippen LogP contribution >= 0.6 is 0 Å². The molecule has 0 aliphatic carbocycles. The SMILES string of the molecule is CCOC(=O)CCNC(=O)N/C=C/c1ccccc1OC. The second-order valence-electron chi connectivity index (χ2n) is 4.03. The van der Waals surface area contributed by atoms with Gasteiger partial charge in [0.2, 0.25) is 0 Å². The highest BCUT2D eigenvalue weighted by atomic mass is 16.5. The number of carbonyl (C=O) groups is 2. The molecule has 0 spiro atoms. The lowest BCUT2D eigenvalue weighted by molar-refractivity contribution is -0.142. The monoisotopic (exact) mass is 292 g/mol. The quantitative estimate of drug-likeness (QED) is 0.753. The van der Waals surface area contributed by atoms with Crippen LogP contribution in [0.25, 0.3) is 6.08 Å². The summed E-state index contributed by atoms with van der Waals surface area (Å²) in [5.74, 6) is 0.389. The molecule has 0 atom stereocenters. The van der Waals surface area contributed by atoms with Crippen molar-refractivity contribution in [2.24, 2.45) is 0 Å². The largest absolute Gasteiger partial charge is 0.496 e. The van der Waals surface area contributed by atoms with Crippen molar-refractivity contribution in [1.82, 2.24) is 10.6 Å². The molecule has 2 amide bonds. The molecule has 114 valence electrons. The lowest BCUT2D eigenvalue weighted by Crippen LogP contribution is -2.33. The molecule has 0 aromatic heterocycles. The predicted molar refractivity (Wildman–Crippen MR) is 79.8 cm³/mol. The van der Waals surface area contributed by atoms with Gasteiger partial charge >= 0.3 is 12.0 Å². The minimum absolute atomic E-state index is 0.150. The van der Waals surface area contributed by atoms with Crippen LogP contribution in [0.15, 0.2) is 30.5 Å². The highest BCUT2D eigenvalue weighted by Gasteiger charge is 2.03. The molecule has 1 aromatic carbocycles. The first-order valence-corrected chi connectivity index (χ1v) is 6.67. The van der Waals surface area contributed by atoms with Gasteiger partial charge in [0.05, 0.1) is 20.1 Å². The van der Waals surface area contributed by atoms with Gasteiger partial charge in [-0.25, -0.2) is 4.79 Å². The van der Waals surface area contributed by atoms with Crippen LogP contribution in [0.2, 0.25) is 0 Å². The Balaban J connectivity index is 2.32. The molecule has 0 heterocycles. The lowest BCUT2D eigenvalue weighted by atomic mass is 10.2. The molecule has 0 fully saturated rings. The zero-order chi connectivity index (χ0) is 15.5. The summed E-state index contributed by atoms with van der Waals surface area (Å²) < 4.78 is 9.94. The van der Waals surface area contributed by atoms with E-state index in [1.807, 2.05) is 24.3 Å². The van der Waals surface area contributed by atoms with Crippen LogP contribution in [0.5, 0.6) is 5.75 Å². The van der Waals surface area contributed by atoms with Crippen LogP contribution in [-0.2, 0) is 9.53 Å². The van der Waals surface area contributed by atoms with Gasteiger partial charge in [-0.2, -0.15) is 0 Å². The van der Waals surface area contributed by atoms with E-state index in [0.29, 0.717) is 6.61 Å². The van der Waals surface area contributed by atoms with Crippen LogP contribution in [0, 0.1) is 0 Å². The van der Waals surface area contributed by atoms with Gasteiger partial charge in [-0.3, -0.25) is 4.79 Å². The van der Waals surface area contributed by atoms with E-state index in [1.165, 1.54) is 6.20 Å². The number of esters is 1. The number of hydrogen-bond donors (Lipinski definition) is 2. The van der Waals surface area contributed by atoms with Crippen molar-refractivity contribution in [3.8, 4) is 5.75 Å².